The second-order valence-electron chi connectivity index (χ2n) is 6.70. The number of aliphatic carboxylic acids is 1. The van der Waals surface area contributed by atoms with Crippen LogP contribution in [0.3, 0.4) is 0 Å². The number of aromatic amines is 1. The summed E-state index contributed by atoms with van der Waals surface area (Å²) in [5, 5.41) is 20.9. The van der Waals surface area contributed by atoms with Gasteiger partial charge in [0.1, 0.15) is 17.4 Å². The highest BCUT2D eigenvalue weighted by molar-refractivity contribution is 7.85. The number of halogens is 1. The van der Waals surface area contributed by atoms with Gasteiger partial charge in [0.05, 0.1) is 22.1 Å². The molecule has 3 N–H and O–H groups in total. The molecule has 32 heavy (non-hydrogen) atoms. The molecule has 0 bridgehead atoms. The largest absolute Gasteiger partial charge is 0.481 e. The topological polar surface area (TPSA) is 149 Å². The normalized spacial score (nSPS) is 11.6. The van der Waals surface area contributed by atoms with Crippen LogP contribution in [0.2, 0.25) is 0 Å². The zero-order valence-corrected chi connectivity index (χ0v) is 17.9. The number of benzene rings is 1. The minimum atomic E-state index is -1.44. The summed E-state index contributed by atoms with van der Waals surface area (Å²) in [6.45, 7) is 3.35. The first-order chi connectivity index (χ1) is 15.2. The molecule has 0 amide bonds. The zero-order valence-electron chi connectivity index (χ0n) is 17.1. The SMILES string of the molecule is CCS(=O)c1cnc(-c2cc(C#N)c(=O)[nH]c2C)nc1Nc1ccc(CC(=O)O)c(F)c1. The van der Waals surface area contributed by atoms with E-state index in [1.807, 2.05) is 0 Å². The van der Waals surface area contributed by atoms with Crippen LogP contribution in [-0.4, -0.2) is 36.0 Å². The summed E-state index contributed by atoms with van der Waals surface area (Å²) in [7, 11) is -1.44. The van der Waals surface area contributed by atoms with Gasteiger partial charge >= 0.3 is 5.97 Å². The standard InChI is InChI=1S/C21H18FN5O4S/c1-3-32(31)17-10-24-19(15-6-13(9-23)21(30)25-11(15)2)27-20(17)26-14-5-4-12(7-18(28)29)16(22)8-14/h4-6,8,10H,3,7H2,1-2H3,(H,25,30)(H,28,29)(H,24,26,27). The maximum Gasteiger partial charge on any atom is 0.307 e. The number of rotatable bonds is 7. The second kappa shape index (κ2) is 9.49. The Morgan fingerprint density at radius 1 is 1.38 bits per heavy atom. The molecule has 164 valence electrons. The van der Waals surface area contributed by atoms with Crippen LogP contribution in [0, 0.1) is 24.1 Å². The number of nitrogens with one attached hydrogen (secondary N) is 2. The van der Waals surface area contributed by atoms with Gasteiger partial charge in [-0.3, -0.25) is 13.8 Å². The van der Waals surface area contributed by atoms with E-state index in [0.29, 0.717) is 17.0 Å². The maximum absolute atomic E-state index is 14.3. The molecule has 0 aliphatic rings. The number of pyridine rings is 1. The lowest BCUT2D eigenvalue weighted by molar-refractivity contribution is -0.136. The van der Waals surface area contributed by atoms with Crippen molar-refractivity contribution in [3.05, 3.63) is 63.5 Å². The van der Waals surface area contributed by atoms with Crippen LogP contribution in [0.1, 0.15) is 23.7 Å². The van der Waals surface area contributed by atoms with Gasteiger partial charge in [0, 0.05) is 28.9 Å². The second-order valence-corrected chi connectivity index (χ2v) is 8.41. The van der Waals surface area contributed by atoms with E-state index >= 15 is 0 Å². The van der Waals surface area contributed by atoms with Gasteiger partial charge in [0.15, 0.2) is 11.6 Å². The molecule has 0 spiro atoms. The Balaban J connectivity index is 2.08. The fourth-order valence-corrected chi connectivity index (χ4v) is 3.71. The van der Waals surface area contributed by atoms with Crippen LogP contribution in [0.15, 0.2) is 40.2 Å². The van der Waals surface area contributed by atoms with Crippen molar-refractivity contribution >= 4 is 28.3 Å². The Labute approximate surface area is 184 Å². The molecule has 0 saturated heterocycles. The number of H-pyrrole nitrogens is 1. The lowest BCUT2D eigenvalue weighted by Gasteiger charge is -2.13. The maximum atomic E-state index is 14.3. The third-order valence-corrected chi connectivity index (χ3v) is 5.83. The number of aryl methyl sites for hydroxylation is 1. The quantitative estimate of drug-likeness (QED) is 0.492. The highest BCUT2D eigenvalue weighted by atomic mass is 32.2. The summed E-state index contributed by atoms with van der Waals surface area (Å²) in [5.41, 5.74) is 0.492. The Kier molecular flexibility index (Phi) is 6.75. The van der Waals surface area contributed by atoms with E-state index in [-0.39, 0.29) is 33.4 Å². The fraction of sp³-hybridized carbons (Fsp3) is 0.190. The third kappa shape index (κ3) is 4.87. The summed E-state index contributed by atoms with van der Waals surface area (Å²) >= 11 is 0. The summed E-state index contributed by atoms with van der Waals surface area (Å²) in [5.74, 6) is -1.25. The van der Waals surface area contributed by atoms with Crippen molar-refractivity contribution in [1.29, 1.82) is 5.26 Å². The lowest BCUT2D eigenvalue weighted by Crippen LogP contribution is -2.13. The van der Waals surface area contributed by atoms with Gasteiger partial charge in [-0.15, -0.1) is 0 Å². The first-order valence-electron chi connectivity index (χ1n) is 9.40. The van der Waals surface area contributed by atoms with Crippen LogP contribution in [-0.2, 0) is 22.0 Å². The summed E-state index contributed by atoms with van der Waals surface area (Å²) in [6.07, 6.45) is 0.914. The predicted molar refractivity (Wildman–Crippen MR) is 116 cm³/mol. The highest BCUT2D eigenvalue weighted by Gasteiger charge is 2.17. The molecule has 11 heteroatoms. The van der Waals surface area contributed by atoms with Gasteiger partial charge in [0.25, 0.3) is 5.56 Å². The predicted octanol–water partition coefficient (Wildman–Crippen LogP) is 2.65. The number of carbonyl (C=O) groups is 1. The van der Waals surface area contributed by atoms with E-state index < -0.39 is 34.6 Å². The molecule has 0 aliphatic carbocycles. The van der Waals surface area contributed by atoms with Gasteiger partial charge in [-0.05, 0) is 30.7 Å². The minimum Gasteiger partial charge on any atom is -0.481 e. The average Bonchev–Trinajstić information content (AvgIpc) is 2.75. The van der Waals surface area contributed by atoms with Crippen LogP contribution in [0.25, 0.3) is 11.4 Å². The number of hydrogen-bond acceptors (Lipinski definition) is 7. The highest BCUT2D eigenvalue weighted by Crippen LogP contribution is 2.27. The van der Waals surface area contributed by atoms with Crippen LogP contribution in [0.4, 0.5) is 15.9 Å². The molecule has 2 aromatic heterocycles. The van der Waals surface area contributed by atoms with Crippen molar-refractivity contribution in [1.82, 2.24) is 15.0 Å². The molecule has 9 nitrogen and oxygen atoms in total. The van der Waals surface area contributed by atoms with Gasteiger partial charge in [-0.2, -0.15) is 5.26 Å². The Morgan fingerprint density at radius 3 is 2.75 bits per heavy atom. The van der Waals surface area contributed by atoms with E-state index in [1.54, 1.807) is 19.9 Å². The van der Waals surface area contributed by atoms with E-state index in [0.717, 1.165) is 6.07 Å². The van der Waals surface area contributed by atoms with Crippen molar-refractivity contribution in [3.63, 3.8) is 0 Å². The van der Waals surface area contributed by atoms with Crippen molar-refractivity contribution in [2.75, 3.05) is 11.1 Å². The Hall–Kier alpha value is -3.91. The zero-order chi connectivity index (χ0) is 23.4. The molecule has 1 unspecified atom stereocenters. The number of anilines is 2. The van der Waals surface area contributed by atoms with E-state index in [2.05, 4.69) is 20.3 Å². The number of carboxylic acid groups (broad SMARTS) is 1. The van der Waals surface area contributed by atoms with Gasteiger partial charge in [-0.25, -0.2) is 14.4 Å². The fourth-order valence-electron chi connectivity index (χ4n) is 2.92. The first-order valence-corrected chi connectivity index (χ1v) is 10.7. The van der Waals surface area contributed by atoms with Crippen LogP contribution in [0.5, 0.6) is 0 Å². The Morgan fingerprint density at radius 2 is 2.12 bits per heavy atom. The van der Waals surface area contributed by atoms with Crippen LogP contribution >= 0.6 is 0 Å². The van der Waals surface area contributed by atoms with Gasteiger partial charge in [0.2, 0.25) is 0 Å². The minimum absolute atomic E-state index is 0.0247. The average molecular weight is 455 g/mol. The molecule has 0 saturated carbocycles. The summed E-state index contributed by atoms with van der Waals surface area (Å²) in [6, 6.07) is 7.12. The molecule has 1 atom stereocenters. The molecule has 2 heterocycles. The molecular formula is C21H18FN5O4S. The van der Waals surface area contributed by atoms with E-state index in [9.17, 15) is 18.2 Å². The van der Waals surface area contributed by atoms with Crippen molar-refractivity contribution < 1.29 is 18.5 Å². The monoisotopic (exact) mass is 455 g/mol. The molecule has 3 rings (SSSR count). The molecule has 3 aromatic rings. The molecule has 1 aromatic carbocycles. The third-order valence-electron chi connectivity index (χ3n) is 4.52. The van der Waals surface area contributed by atoms with E-state index in [4.69, 9.17) is 10.4 Å². The molecule has 0 radical (unpaired) electrons. The molecular weight excluding hydrogens is 437 g/mol. The number of nitriles is 1. The van der Waals surface area contributed by atoms with Gasteiger partial charge < -0.3 is 15.4 Å². The van der Waals surface area contributed by atoms with Crippen LogP contribution < -0.4 is 10.9 Å². The number of carboxylic acids is 1. The number of aromatic nitrogens is 3. The Bertz CT molecular complexity index is 1330. The van der Waals surface area contributed by atoms with Gasteiger partial charge in [-0.1, -0.05) is 13.0 Å². The number of hydrogen-bond donors (Lipinski definition) is 3. The summed E-state index contributed by atoms with van der Waals surface area (Å²) in [4.78, 5) is 34.2. The molecule has 0 aliphatic heterocycles. The van der Waals surface area contributed by atoms with Crippen molar-refractivity contribution in [2.24, 2.45) is 0 Å². The van der Waals surface area contributed by atoms with E-state index in [1.165, 1.54) is 24.4 Å². The first kappa shape index (κ1) is 22.8. The smallest absolute Gasteiger partial charge is 0.307 e. The lowest BCUT2D eigenvalue weighted by atomic mass is 10.1. The molecule has 0 fully saturated rings. The summed E-state index contributed by atoms with van der Waals surface area (Å²) < 4.78 is 26.8. The van der Waals surface area contributed by atoms with Crippen molar-refractivity contribution in [2.45, 2.75) is 25.2 Å². The van der Waals surface area contributed by atoms with Crippen molar-refractivity contribution in [3.8, 4) is 17.5 Å². The number of nitrogens with zero attached hydrogens (tertiary/aromatic N) is 3.